The number of carboxylic acid groups (broad SMARTS) is 1. The number of halogens is 3. The first kappa shape index (κ1) is 31.1. The highest BCUT2D eigenvalue weighted by Crippen LogP contribution is 2.34. The molecule has 0 aliphatic carbocycles. The summed E-state index contributed by atoms with van der Waals surface area (Å²) < 4.78 is 18.7. The summed E-state index contributed by atoms with van der Waals surface area (Å²) in [6.07, 6.45) is 2.88. The van der Waals surface area contributed by atoms with Gasteiger partial charge in [0.25, 0.3) is 0 Å². The predicted molar refractivity (Wildman–Crippen MR) is 150 cm³/mol. The summed E-state index contributed by atoms with van der Waals surface area (Å²) in [4.78, 5) is 19.5. The second-order valence-corrected chi connectivity index (χ2v) is 10.1. The number of aliphatic carboxylic acids is 1. The van der Waals surface area contributed by atoms with Crippen LogP contribution >= 0.6 is 36.6 Å². The van der Waals surface area contributed by atoms with E-state index in [-0.39, 0.29) is 36.5 Å². The second-order valence-electron chi connectivity index (χ2n) is 8.98. The maximum Gasteiger partial charge on any atom is 0.308 e. The van der Waals surface area contributed by atoms with Crippen LogP contribution in [-0.4, -0.2) is 58.6 Å². The molecular formula is C27H33Cl2FN2O4S. The Bertz CT molecular complexity index is 1170. The monoisotopic (exact) mass is 570 g/mol. The smallest absolute Gasteiger partial charge is 0.308 e. The van der Waals surface area contributed by atoms with Crippen LogP contribution in [0.3, 0.4) is 0 Å². The number of hydrogen-bond acceptors (Lipinski definition) is 6. The lowest BCUT2D eigenvalue weighted by atomic mass is 9.81. The van der Waals surface area contributed by atoms with Crippen molar-refractivity contribution in [1.29, 1.82) is 0 Å². The largest absolute Gasteiger partial charge is 0.497 e. The van der Waals surface area contributed by atoms with Gasteiger partial charge in [-0.15, -0.1) is 36.6 Å². The van der Waals surface area contributed by atoms with E-state index in [4.69, 9.17) is 4.74 Å². The van der Waals surface area contributed by atoms with Crippen LogP contribution in [0, 0.1) is 17.7 Å². The maximum absolute atomic E-state index is 13.4. The van der Waals surface area contributed by atoms with Gasteiger partial charge in [-0.05, 0) is 79.8 Å². The molecule has 37 heavy (non-hydrogen) atoms. The Morgan fingerprint density at radius 2 is 2.05 bits per heavy atom. The molecule has 0 saturated carbocycles. The van der Waals surface area contributed by atoms with E-state index in [2.05, 4.69) is 9.88 Å². The zero-order chi connectivity index (χ0) is 24.8. The molecule has 2 N–H and O–H groups in total. The van der Waals surface area contributed by atoms with Gasteiger partial charge in [-0.1, -0.05) is 6.07 Å². The zero-order valence-electron chi connectivity index (χ0n) is 20.6. The highest BCUT2D eigenvalue weighted by atomic mass is 35.5. The van der Waals surface area contributed by atoms with Gasteiger partial charge < -0.3 is 19.8 Å². The fourth-order valence-corrected chi connectivity index (χ4v) is 5.79. The normalized spacial score (nSPS) is 18.5. The van der Waals surface area contributed by atoms with Crippen molar-refractivity contribution in [3.8, 4) is 5.75 Å². The molecule has 0 bridgehead atoms. The van der Waals surface area contributed by atoms with Crippen molar-refractivity contribution in [2.75, 3.05) is 32.5 Å². The molecule has 4 rings (SSSR count). The summed E-state index contributed by atoms with van der Waals surface area (Å²) in [5, 5.41) is 21.7. The number of rotatable bonds is 10. The van der Waals surface area contributed by atoms with Gasteiger partial charge in [0.2, 0.25) is 0 Å². The Balaban J connectivity index is 0.00000241. The molecule has 0 radical (unpaired) electrons. The number of nitrogens with zero attached hydrogens (tertiary/aromatic N) is 2. The summed E-state index contributed by atoms with van der Waals surface area (Å²) in [5.41, 5.74) is 1.57. The predicted octanol–water partition coefficient (Wildman–Crippen LogP) is 5.85. The molecule has 3 atom stereocenters. The number of aliphatic hydroxyl groups is 1. The number of ether oxygens (including phenoxy) is 1. The summed E-state index contributed by atoms with van der Waals surface area (Å²) in [7, 11) is 1.60. The van der Waals surface area contributed by atoms with Gasteiger partial charge in [-0.3, -0.25) is 9.78 Å². The zero-order valence-corrected chi connectivity index (χ0v) is 23.0. The van der Waals surface area contributed by atoms with E-state index in [1.165, 1.54) is 12.1 Å². The SMILES string of the molecule is COc1ccc2nccc([C@H](O)CC[C@@H]3CCN(CCSc4cccc(F)c4)C[C@@H]3C(=O)O)c2c1.Cl.Cl. The lowest BCUT2D eigenvalue weighted by Gasteiger charge is -2.37. The van der Waals surface area contributed by atoms with Crippen LogP contribution in [0.4, 0.5) is 4.39 Å². The number of fused-ring (bicyclic) bond motifs is 1. The Hall–Kier alpha value is -2.10. The van der Waals surface area contributed by atoms with E-state index in [0.29, 0.717) is 25.1 Å². The van der Waals surface area contributed by atoms with Crippen molar-refractivity contribution in [2.24, 2.45) is 11.8 Å². The average Bonchev–Trinajstić information content (AvgIpc) is 2.87. The number of thioether (sulfide) groups is 1. The molecule has 6 nitrogen and oxygen atoms in total. The van der Waals surface area contributed by atoms with Crippen LogP contribution in [0.25, 0.3) is 10.9 Å². The summed E-state index contributed by atoms with van der Waals surface area (Å²) in [5.74, 6) is -0.0133. The quantitative estimate of drug-likeness (QED) is 0.295. The lowest BCUT2D eigenvalue weighted by Crippen LogP contribution is -2.44. The summed E-state index contributed by atoms with van der Waals surface area (Å²) >= 11 is 1.58. The Morgan fingerprint density at radius 1 is 1.24 bits per heavy atom. The molecule has 1 aromatic heterocycles. The van der Waals surface area contributed by atoms with Crippen molar-refractivity contribution in [1.82, 2.24) is 9.88 Å². The van der Waals surface area contributed by atoms with Gasteiger partial charge in [-0.25, -0.2) is 4.39 Å². The number of piperidine rings is 1. The average molecular weight is 572 g/mol. The molecule has 1 saturated heterocycles. The van der Waals surface area contributed by atoms with Gasteiger partial charge in [0.1, 0.15) is 11.6 Å². The standard InChI is InChI=1S/C27H31FN2O4S.2ClH/c1-34-20-6-7-25-23(16-20)22(9-11-29-25)26(31)8-5-18-10-12-30(17-24(18)27(32)33)13-14-35-21-4-2-3-19(28)15-21;;/h2-4,6-7,9,11,15-16,18,24,26,31H,5,8,10,12-14,17H2,1H3,(H,32,33);2*1H/t18-,24+,26-;;/m1../s1. The Kier molecular flexibility index (Phi) is 12.4. The third-order valence-corrected chi connectivity index (χ3v) is 7.76. The molecule has 10 heteroatoms. The summed E-state index contributed by atoms with van der Waals surface area (Å²) in [6.45, 7) is 2.07. The first-order valence-electron chi connectivity index (χ1n) is 11.9. The molecule has 1 aliphatic heterocycles. The van der Waals surface area contributed by atoms with Gasteiger partial charge in [0, 0.05) is 35.3 Å². The Morgan fingerprint density at radius 3 is 2.78 bits per heavy atom. The molecule has 0 spiro atoms. The molecule has 3 aromatic rings. The molecular weight excluding hydrogens is 538 g/mol. The third-order valence-electron chi connectivity index (χ3n) is 6.78. The van der Waals surface area contributed by atoms with Crippen LogP contribution in [-0.2, 0) is 4.79 Å². The fraction of sp³-hybridized carbons (Fsp3) is 0.407. The first-order chi connectivity index (χ1) is 16.9. The number of methoxy groups -OCH3 is 1. The van der Waals surface area contributed by atoms with E-state index in [1.807, 2.05) is 30.3 Å². The topological polar surface area (TPSA) is 82.9 Å². The minimum atomic E-state index is -0.786. The maximum atomic E-state index is 13.4. The summed E-state index contributed by atoms with van der Waals surface area (Å²) in [6, 6.07) is 13.9. The lowest BCUT2D eigenvalue weighted by molar-refractivity contribution is -0.146. The van der Waals surface area contributed by atoms with E-state index in [0.717, 1.165) is 46.6 Å². The van der Waals surface area contributed by atoms with Crippen LogP contribution < -0.4 is 4.74 Å². The number of benzene rings is 2. The van der Waals surface area contributed by atoms with Crippen LogP contribution in [0.15, 0.2) is 59.6 Å². The van der Waals surface area contributed by atoms with Crippen molar-refractivity contribution in [3.63, 3.8) is 0 Å². The molecule has 1 aliphatic rings. The highest BCUT2D eigenvalue weighted by Gasteiger charge is 2.34. The molecule has 0 unspecified atom stereocenters. The van der Waals surface area contributed by atoms with Gasteiger partial charge in [0.05, 0.1) is 24.6 Å². The van der Waals surface area contributed by atoms with Crippen molar-refractivity contribution < 1.29 is 24.1 Å². The number of aliphatic hydroxyl groups excluding tert-OH is 1. The van der Waals surface area contributed by atoms with Crippen molar-refractivity contribution >= 4 is 53.4 Å². The van der Waals surface area contributed by atoms with Crippen LogP contribution in [0.1, 0.15) is 30.9 Å². The number of likely N-dealkylation sites (tertiary alicyclic amines) is 1. The molecule has 2 aromatic carbocycles. The first-order valence-corrected chi connectivity index (χ1v) is 12.9. The number of carbonyl (C=O) groups is 1. The Labute approximate surface area is 233 Å². The number of carboxylic acids is 1. The molecule has 0 amide bonds. The number of hydrogen-bond donors (Lipinski definition) is 2. The van der Waals surface area contributed by atoms with Crippen molar-refractivity contribution in [3.05, 3.63) is 66.1 Å². The number of aromatic nitrogens is 1. The van der Waals surface area contributed by atoms with Gasteiger partial charge in [-0.2, -0.15) is 0 Å². The third kappa shape index (κ3) is 8.19. The van der Waals surface area contributed by atoms with Crippen molar-refractivity contribution in [2.45, 2.75) is 30.3 Å². The van der Waals surface area contributed by atoms with Gasteiger partial charge in [0.15, 0.2) is 0 Å². The fourth-order valence-electron chi connectivity index (χ4n) is 4.84. The van der Waals surface area contributed by atoms with E-state index in [1.54, 1.807) is 31.1 Å². The second kappa shape index (κ2) is 14.7. The van der Waals surface area contributed by atoms with E-state index < -0.39 is 18.0 Å². The van der Waals surface area contributed by atoms with E-state index in [9.17, 15) is 19.4 Å². The highest BCUT2D eigenvalue weighted by molar-refractivity contribution is 7.99. The number of pyridine rings is 1. The minimum Gasteiger partial charge on any atom is -0.497 e. The van der Waals surface area contributed by atoms with Crippen LogP contribution in [0.5, 0.6) is 5.75 Å². The van der Waals surface area contributed by atoms with E-state index >= 15 is 0 Å². The molecule has 2 heterocycles. The molecule has 1 fully saturated rings. The van der Waals surface area contributed by atoms with Gasteiger partial charge >= 0.3 is 5.97 Å². The molecule has 202 valence electrons. The minimum absolute atomic E-state index is 0. The van der Waals surface area contributed by atoms with Crippen LogP contribution in [0.2, 0.25) is 0 Å².